The molecule has 0 bridgehead atoms. The van der Waals surface area contributed by atoms with Crippen LogP contribution in [0.1, 0.15) is 32.2 Å². The van der Waals surface area contributed by atoms with E-state index in [4.69, 9.17) is 17.3 Å². The summed E-state index contributed by atoms with van der Waals surface area (Å²) in [6, 6.07) is 0. The summed E-state index contributed by atoms with van der Waals surface area (Å²) < 4.78 is 1.90. The standard InChI is InChI=1S/C12H22ClN3/c1-5-10-12(13)11(16(4)15-10)6-8(2)9(3)7-14/h8-9H,5-7,14H2,1-4H3. The summed E-state index contributed by atoms with van der Waals surface area (Å²) in [5, 5.41) is 5.25. The first-order valence-corrected chi connectivity index (χ1v) is 6.29. The number of aryl methyl sites for hydroxylation is 2. The Morgan fingerprint density at radius 1 is 1.38 bits per heavy atom. The van der Waals surface area contributed by atoms with Crippen LogP contribution in [0.25, 0.3) is 0 Å². The summed E-state index contributed by atoms with van der Waals surface area (Å²) >= 11 is 6.31. The summed E-state index contributed by atoms with van der Waals surface area (Å²) in [5.74, 6) is 1.04. The fourth-order valence-corrected chi connectivity index (χ4v) is 2.15. The molecule has 2 atom stereocenters. The quantitative estimate of drug-likeness (QED) is 0.863. The highest BCUT2D eigenvalue weighted by atomic mass is 35.5. The van der Waals surface area contributed by atoms with Gasteiger partial charge in [-0.05, 0) is 31.2 Å². The summed E-state index contributed by atoms with van der Waals surface area (Å²) in [6.07, 6.45) is 1.83. The number of rotatable bonds is 5. The van der Waals surface area contributed by atoms with Crippen molar-refractivity contribution < 1.29 is 0 Å². The molecule has 16 heavy (non-hydrogen) atoms. The lowest BCUT2D eigenvalue weighted by atomic mass is 9.91. The van der Waals surface area contributed by atoms with Crippen LogP contribution in [0, 0.1) is 11.8 Å². The first kappa shape index (κ1) is 13.5. The molecule has 0 radical (unpaired) electrons. The van der Waals surface area contributed by atoms with E-state index >= 15 is 0 Å². The Morgan fingerprint density at radius 3 is 2.44 bits per heavy atom. The zero-order chi connectivity index (χ0) is 12.3. The van der Waals surface area contributed by atoms with Crippen molar-refractivity contribution in [2.75, 3.05) is 6.54 Å². The Hall–Kier alpha value is -0.540. The molecule has 92 valence electrons. The van der Waals surface area contributed by atoms with Crippen LogP contribution in [0.3, 0.4) is 0 Å². The van der Waals surface area contributed by atoms with E-state index in [1.165, 1.54) is 0 Å². The molecule has 0 saturated heterocycles. The van der Waals surface area contributed by atoms with Gasteiger partial charge in [0.2, 0.25) is 0 Å². The lowest BCUT2D eigenvalue weighted by Crippen LogP contribution is -2.21. The Bertz CT molecular complexity index is 346. The van der Waals surface area contributed by atoms with Gasteiger partial charge in [0.25, 0.3) is 0 Å². The molecule has 0 aliphatic rings. The van der Waals surface area contributed by atoms with E-state index in [9.17, 15) is 0 Å². The van der Waals surface area contributed by atoms with Crippen molar-refractivity contribution in [1.29, 1.82) is 0 Å². The van der Waals surface area contributed by atoms with E-state index in [0.717, 1.165) is 35.8 Å². The maximum absolute atomic E-state index is 6.31. The van der Waals surface area contributed by atoms with Gasteiger partial charge >= 0.3 is 0 Å². The largest absolute Gasteiger partial charge is 0.330 e. The molecule has 1 aromatic heterocycles. The number of nitrogens with two attached hydrogens (primary N) is 1. The first-order valence-electron chi connectivity index (χ1n) is 5.91. The second-order valence-corrected chi connectivity index (χ2v) is 4.96. The Balaban J connectivity index is 2.84. The van der Waals surface area contributed by atoms with Crippen molar-refractivity contribution in [3.8, 4) is 0 Å². The van der Waals surface area contributed by atoms with Crippen molar-refractivity contribution in [3.05, 3.63) is 16.4 Å². The highest BCUT2D eigenvalue weighted by Gasteiger charge is 2.18. The van der Waals surface area contributed by atoms with Gasteiger partial charge in [-0.25, -0.2) is 0 Å². The SMILES string of the molecule is CCc1nn(C)c(CC(C)C(C)CN)c1Cl. The number of hydrogen-bond acceptors (Lipinski definition) is 2. The van der Waals surface area contributed by atoms with E-state index in [1.807, 2.05) is 11.7 Å². The number of nitrogens with zero attached hydrogens (tertiary/aromatic N) is 2. The van der Waals surface area contributed by atoms with Crippen molar-refractivity contribution in [3.63, 3.8) is 0 Å². The molecule has 0 saturated carbocycles. The minimum absolute atomic E-state index is 0.510. The normalized spacial score (nSPS) is 15.1. The Kier molecular flexibility index (Phi) is 4.81. The highest BCUT2D eigenvalue weighted by Crippen LogP contribution is 2.25. The van der Waals surface area contributed by atoms with E-state index < -0.39 is 0 Å². The fraction of sp³-hybridized carbons (Fsp3) is 0.750. The summed E-state index contributed by atoms with van der Waals surface area (Å²) in [5.41, 5.74) is 7.80. The maximum Gasteiger partial charge on any atom is 0.0849 e. The van der Waals surface area contributed by atoms with Crippen LogP contribution >= 0.6 is 11.6 Å². The zero-order valence-electron chi connectivity index (χ0n) is 10.6. The predicted molar refractivity (Wildman–Crippen MR) is 68.7 cm³/mol. The van der Waals surface area contributed by atoms with E-state index in [-0.39, 0.29) is 0 Å². The van der Waals surface area contributed by atoms with Gasteiger partial charge in [-0.15, -0.1) is 0 Å². The number of hydrogen-bond donors (Lipinski definition) is 1. The molecule has 1 aromatic rings. The minimum Gasteiger partial charge on any atom is -0.330 e. The average molecular weight is 244 g/mol. The molecule has 0 spiro atoms. The fourth-order valence-electron chi connectivity index (χ4n) is 1.78. The molecule has 1 rings (SSSR count). The number of halogens is 1. The molecule has 2 N–H and O–H groups in total. The molecule has 0 amide bonds. The van der Waals surface area contributed by atoms with Crippen molar-refractivity contribution in [1.82, 2.24) is 9.78 Å². The van der Waals surface area contributed by atoms with Crippen molar-refractivity contribution in [2.45, 2.75) is 33.6 Å². The van der Waals surface area contributed by atoms with Crippen molar-refractivity contribution in [2.24, 2.45) is 24.6 Å². The smallest absolute Gasteiger partial charge is 0.0849 e. The second kappa shape index (κ2) is 5.69. The molecule has 0 aromatic carbocycles. The lowest BCUT2D eigenvalue weighted by Gasteiger charge is -2.18. The Morgan fingerprint density at radius 2 is 2.00 bits per heavy atom. The molecule has 0 aliphatic carbocycles. The van der Waals surface area contributed by atoms with Gasteiger partial charge in [-0.1, -0.05) is 32.4 Å². The van der Waals surface area contributed by atoms with Gasteiger partial charge in [0.05, 0.1) is 16.4 Å². The molecule has 4 heteroatoms. The molecule has 0 aliphatic heterocycles. The predicted octanol–water partition coefficient (Wildman–Crippen LogP) is 2.41. The zero-order valence-corrected chi connectivity index (χ0v) is 11.4. The monoisotopic (exact) mass is 243 g/mol. The van der Waals surface area contributed by atoms with Gasteiger partial charge in [-0.3, -0.25) is 4.68 Å². The Labute approximate surface area is 103 Å². The third kappa shape index (κ3) is 2.77. The topological polar surface area (TPSA) is 43.8 Å². The van der Waals surface area contributed by atoms with E-state index in [0.29, 0.717) is 11.8 Å². The third-order valence-electron chi connectivity index (χ3n) is 3.36. The maximum atomic E-state index is 6.31. The van der Waals surface area contributed by atoms with Crippen LogP contribution in [0.4, 0.5) is 0 Å². The molecule has 1 heterocycles. The van der Waals surface area contributed by atoms with Gasteiger partial charge < -0.3 is 5.73 Å². The van der Waals surface area contributed by atoms with E-state index in [2.05, 4.69) is 25.9 Å². The van der Waals surface area contributed by atoms with Crippen LogP contribution in [0.2, 0.25) is 5.02 Å². The molecule has 3 nitrogen and oxygen atoms in total. The van der Waals surface area contributed by atoms with Gasteiger partial charge in [0, 0.05) is 7.05 Å². The van der Waals surface area contributed by atoms with Gasteiger partial charge in [0.1, 0.15) is 0 Å². The van der Waals surface area contributed by atoms with Crippen LogP contribution in [0.5, 0.6) is 0 Å². The number of aromatic nitrogens is 2. The van der Waals surface area contributed by atoms with Gasteiger partial charge in [-0.2, -0.15) is 5.10 Å². The lowest BCUT2D eigenvalue weighted by molar-refractivity contribution is 0.386. The summed E-state index contributed by atoms with van der Waals surface area (Å²) in [7, 11) is 1.96. The van der Waals surface area contributed by atoms with Crippen molar-refractivity contribution >= 4 is 11.6 Å². The third-order valence-corrected chi connectivity index (χ3v) is 3.80. The summed E-state index contributed by atoms with van der Waals surface area (Å²) in [4.78, 5) is 0. The summed E-state index contributed by atoms with van der Waals surface area (Å²) in [6.45, 7) is 7.18. The van der Waals surface area contributed by atoms with Gasteiger partial charge in [0.15, 0.2) is 0 Å². The average Bonchev–Trinajstić information content (AvgIpc) is 2.55. The molecular formula is C12H22ClN3. The highest BCUT2D eigenvalue weighted by molar-refractivity contribution is 6.31. The molecule has 0 fully saturated rings. The molecular weight excluding hydrogens is 222 g/mol. The van der Waals surface area contributed by atoms with Crippen LogP contribution in [-0.2, 0) is 19.9 Å². The van der Waals surface area contributed by atoms with E-state index in [1.54, 1.807) is 0 Å². The first-order chi connectivity index (χ1) is 7.51. The van der Waals surface area contributed by atoms with Crippen LogP contribution < -0.4 is 5.73 Å². The van der Waals surface area contributed by atoms with Crippen LogP contribution in [0.15, 0.2) is 0 Å². The molecule has 2 unspecified atom stereocenters. The minimum atomic E-state index is 0.510. The second-order valence-electron chi connectivity index (χ2n) is 4.58. The van der Waals surface area contributed by atoms with Crippen LogP contribution in [-0.4, -0.2) is 16.3 Å².